The first kappa shape index (κ1) is 18.9. The van der Waals surface area contributed by atoms with E-state index in [2.05, 4.69) is 20.7 Å². The normalized spacial score (nSPS) is 10.3. The van der Waals surface area contributed by atoms with Gasteiger partial charge in [0.2, 0.25) is 0 Å². The molecule has 0 aliphatic carbocycles. The SMILES string of the molecule is COC(=O)c1cc(COC(=O)c2cc(OC)c(Br)c(OC)c2)oc1C. The molecular weight excluding hydrogens is 396 g/mol. The van der Waals surface area contributed by atoms with Crippen molar-refractivity contribution in [1.29, 1.82) is 0 Å². The third kappa shape index (κ3) is 4.14. The molecule has 1 heterocycles. The second-order valence-electron chi connectivity index (χ2n) is 4.95. The lowest BCUT2D eigenvalue weighted by atomic mass is 10.2. The van der Waals surface area contributed by atoms with E-state index in [1.807, 2.05) is 0 Å². The van der Waals surface area contributed by atoms with Crippen LogP contribution in [0.1, 0.15) is 32.2 Å². The average Bonchev–Trinajstić information content (AvgIpc) is 2.99. The molecule has 8 heteroatoms. The lowest BCUT2D eigenvalue weighted by molar-refractivity contribution is 0.0443. The van der Waals surface area contributed by atoms with Crippen molar-refractivity contribution in [3.63, 3.8) is 0 Å². The van der Waals surface area contributed by atoms with Crippen molar-refractivity contribution in [1.82, 2.24) is 0 Å². The van der Waals surface area contributed by atoms with E-state index >= 15 is 0 Å². The fourth-order valence-corrected chi connectivity index (χ4v) is 2.69. The summed E-state index contributed by atoms with van der Waals surface area (Å²) in [6, 6.07) is 4.54. The van der Waals surface area contributed by atoms with E-state index in [1.54, 1.807) is 6.92 Å². The number of hydrogen-bond donors (Lipinski definition) is 0. The molecule has 2 rings (SSSR count). The highest BCUT2D eigenvalue weighted by Crippen LogP contribution is 2.35. The van der Waals surface area contributed by atoms with Crippen molar-refractivity contribution in [3.05, 3.63) is 45.3 Å². The third-order valence-electron chi connectivity index (χ3n) is 3.40. The monoisotopic (exact) mass is 412 g/mol. The molecule has 0 N–H and O–H groups in total. The van der Waals surface area contributed by atoms with E-state index in [0.29, 0.717) is 33.1 Å². The van der Waals surface area contributed by atoms with Gasteiger partial charge in [0.25, 0.3) is 0 Å². The molecule has 2 aromatic rings. The average molecular weight is 413 g/mol. The molecule has 1 aromatic heterocycles. The Morgan fingerprint density at radius 3 is 2.16 bits per heavy atom. The van der Waals surface area contributed by atoms with Gasteiger partial charge < -0.3 is 23.4 Å². The van der Waals surface area contributed by atoms with Crippen molar-refractivity contribution in [3.8, 4) is 11.5 Å². The van der Waals surface area contributed by atoms with Crippen LogP contribution in [0.15, 0.2) is 27.1 Å². The number of methoxy groups -OCH3 is 3. The van der Waals surface area contributed by atoms with Crippen LogP contribution in [-0.2, 0) is 16.1 Å². The summed E-state index contributed by atoms with van der Waals surface area (Å²) in [4.78, 5) is 23.8. The number of halogens is 1. The predicted octanol–water partition coefficient (Wildman–Crippen LogP) is 3.51. The summed E-state index contributed by atoms with van der Waals surface area (Å²) in [7, 11) is 4.24. The molecule has 0 bridgehead atoms. The molecule has 25 heavy (non-hydrogen) atoms. The maximum atomic E-state index is 12.3. The fraction of sp³-hybridized carbons (Fsp3) is 0.294. The number of carbonyl (C=O) groups is 2. The Morgan fingerprint density at radius 1 is 1.04 bits per heavy atom. The van der Waals surface area contributed by atoms with Crippen LogP contribution in [-0.4, -0.2) is 33.3 Å². The van der Waals surface area contributed by atoms with Gasteiger partial charge in [0.1, 0.15) is 39.7 Å². The Kier molecular flexibility index (Phi) is 6.08. The van der Waals surface area contributed by atoms with Crippen LogP contribution in [0.2, 0.25) is 0 Å². The first-order valence-corrected chi connectivity index (χ1v) is 7.96. The molecule has 0 atom stereocenters. The molecule has 0 fully saturated rings. The minimum atomic E-state index is -0.585. The van der Waals surface area contributed by atoms with Crippen LogP contribution in [0.4, 0.5) is 0 Å². The van der Waals surface area contributed by atoms with Gasteiger partial charge >= 0.3 is 11.9 Å². The smallest absolute Gasteiger partial charge is 0.341 e. The summed E-state index contributed by atoms with van der Waals surface area (Å²) >= 11 is 3.33. The van der Waals surface area contributed by atoms with Gasteiger partial charge in [0, 0.05) is 0 Å². The van der Waals surface area contributed by atoms with E-state index in [-0.39, 0.29) is 12.2 Å². The zero-order valence-electron chi connectivity index (χ0n) is 14.2. The van der Waals surface area contributed by atoms with E-state index in [0.717, 1.165) is 0 Å². The number of rotatable bonds is 6. The Hall–Kier alpha value is -2.48. The lowest BCUT2D eigenvalue weighted by Gasteiger charge is -2.11. The summed E-state index contributed by atoms with van der Waals surface area (Å²) in [6.45, 7) is 1.50. The molecule has 7 nitrogen and oxygen atoms in total. The maximum Gasteiger partial charge on any atom is 0.341 e. The van der Waals surface area contributed by atoms with Crippen LogP contribution in [0, 0.1) is 6.92 Å². The molecule has 1 aromatic carbocycles. The molecule has 0 amide bonds. The zero-order chi connectivity index (χ0) is 18.6. The largest absolute Gasteiger partial charge is 0.495 e. The Morgan fingerprint density at radius 2 is 1.64 bits per heavy atom. The first-order chi connectivity index (χ1) is 11.9. The summed E-state index contributed by atoms with van der Waals surface area (Å²) in [5.74, 6) is 0.507. The van der Waals surface area contributed by atoms with Gasteiger partial charge in [-0.25, -0.2) is 9.59 Å². The molecule has 0 aliphatic rings. The highest BCUT2D eigenvalue weighted by atomic mass is 79.9. The van der Waals surface area contributed by atoms with Gasteiger partial charge in [-0.3, -0.25) is 0 Å². The number of esters is 2. The summed E-state index contributed by atoms with van der Waals surface area (Å²) in [5, 5.41) is 0. The van der Waals surface area contributed by atoms with Crippen LogP contribution in [0.25, 0.3) is 0 Å². The van der Waals surface area contributed by atoms with E-state index in [9.17, 15) is 9.59 Å². The van der Waals surface area contributed by atoms with E-state index in [1.165, 1.54) is 39.5 Å². The minimum absolute atomic E-state index is 0.128. The van der Waals surface area contributed by atoms with Crippen LogP contribution < -0.4 is 9.47 Å². The molecule has 0 spiro atoms. The molecule has 0 saturated carbocycles. The highest BCUT2D eigenvalue weighted by Gasteiger charge is 2.18. The van der Waals surface area contributed by atoms with Crippen molar-refractivity contribution in [2.45, 2.75) is 13.5 Å². The first-order valence-electron chi connectivity index (χ1n) is 7.17. The number of ether oxygens (including phenoxy) is 4. The third-order valence-corrected chi connectivity index (χ3v) is 4.18. The fourth-order valence-electron chi connectivity index (χ4n) is 2.13. The summed E-state index contributed by atoms with van der Waals surface area (Å²) < 4.78 is 26.3. The zero-order valence-corrected chi connectivity index (χ0v) is 15.8. The van der Waals surface area contributed by atoms with Gasteiger partial charge in [-0.05, 0) is 41.1 Å². The van der Waals surface area contributed by atoms with E-state index < -0.39 is 11.9 Å². The minimum Gasteiger partial charge on any atom is -0.495 e. The second kappa shape index (κ2) is 8.06. The van der Waals surface area contributed by atoms with Gasteiger partial charge in [-0.2, -0.15) is 0 Å². The second-order valence-corrected chi connectivity index (χ2v) is 5.74. The van der Waals surface area contributed by atoms with Gasteiger partial charge in [0.15, 0.2) is 0 Å². The number of hydrogen-bond acceptors (Lipinski definition) is 7. The van der Waals surface area contributed by atoms with Crippen molar-refractivity contribution in [2.75, 3.05) is 21.3 Å². The summed E-state index contributed by atoms with van der Waals surface area (Å²) in [5.41, 5.74) is 0.550. The standard InChI is InChI=1S/C17H17BrO7/c1-9-12(17(20)23-4)7-11(25-9)8-24-16(19)10-5-13(21-2)15(18)14(6-10)22-3/h5-7H,8H2,1-4H3. The predicted molar refractivity (Wildman–Crippen MR) is 91.2 cm³/mol. The van der Waals surface area contributed by atoms with Gasteiger partial charge in [-0.1, -0.05) is 0 Å². The molecule has 0 aliphatic heterocycles. The number of furan rings is 1. The maximum absolute atomic E-state index is 12.3. The van der Waals surface area contributed by atoms with Crippen LogP contribution in [0.3, 0.4) is 0 Å². The number of benzene rings is 1. The van der Waals surface area contributed by atoms with Crippen molar-refractivity contribution >= 4 is 27.9 Å². The Bertz CT molecular complexity index is 769. The van der Waals surface area contributed by atoms with E-state index in [4.69, 9.17) is 18.6 Å². The van der Waals surface area contributed by atoms with Crippen molar-refractivity contribution < 1.29 is 33.0 Å². The molecule has 0 saturated heterocycles. The lowest BCUT2D eigenvalue weighted by Crippen LogP contribution is -2.06. The Labute approximate surface area is 152 Å². The topological polar surface area (TPSA) is 84.2 Å². The Balaban J connectivity index is 2.14. The highest BCUT2D eigenvalue weighted by molar-refractivity contribution is 9.10. The van der Waals surface area contributed by atoms with Crippen LogP contribution >= 0.6 is 15.9 Å². The number of aryl methyl sites for hydroxylation is 1. The number of carbonyl (C=O) groups excluding carboxylic acids is 2. The van der Waals surface area contributed by atoms with Crippen LogP contribution in [0.5, 0.6) is 11.5 Å². The molecule has 134 valence electrons. The van der Waals surface area contributed by atoms with Gasteiger partial charge in [-0.15, -0.1) is 0 Å². The molecule has 0 unspecified atom stereocenters. The van der Waals surface area contributed by atoms with Crippen molar-refractivity contribution in [2.24, 2.45) is 0 Å². The molecule has 0 radical (unpaired) electrons. The molecular formula is C17H17BrO7. The van der Waals surface area contributed by atoms with Gasteiger partial charge in [0.05, 0.1) is 26.9 Å². The summed E-state index contributed by atoms with van der Waals surface area (Å²) in [6.07, 6.45) is 0. The quantitative estimate of drug-likeness (QED) is 0.670.